The Labute approximate surface area is 179 Å². The standard InChI is InChI=1S/C24H33N3OS/c1-3-5-11-26(12-6-4-2)19-7-9-21-23(17-19)29-24-18-20(8-10-22(24)25-21)27-13-15-28-16-14-27/h7-10,17-18,25H,3-6,11-16H2,1-2H3. The van der Waals surface area contributed by atoms with E-state index in [1.807, 2.05) is 11.8 Å². The van der Waals surface area contributed by atoms with Crippen LogP contribution >= 0.6 is 11.8 Å². The van der Waals surface area contributed by atoms with Crippen molar-refractivity contribution in [1.29, 1.82) is 0 Å². The summed E-state index contributed by atoms with van der Waals surface area (Å²) in [7, 11) is 0. The molecule has 2 aromatic rings. The number of fused-ring (bicyclic) bond motifs is 2. The van der Waals surface area contributed by atoms with Gasteiger partial charge in [-0.05, 0) is 49.2 Å². The zero-order chi connectivity index (χ0) is 20.1. The predicted octanol–water partition coefficient (Wildman–Crippen LogP) is 6.14. The van der Waals surface area contributed by atoms with Crippen molar-refractivity contribution in [2.45, 2.75) is 49.3 Å². The average Bonchev–Trinajstić information content (AvgIpc) is 2.77. The molecule has 0 atom stereocenters. The number of nitrogens with zero attached hydrogens (tertiary/aromatic N) is 2. The van der Waals surface area contributed by atoms with E-state index in [-0.39, 0.29) is 0 Å². The third-order valence-electron chi connectivity index (χ3n) is 5.72. The van der Waals surface area contributed by atoms with Crippen molar-refractivity contribution in [3.8, 4) is 0 Å². The maximum atomic E-state index is 5.51. The summed E-state index contributed by atoms with van der Waals surface area (Å²) in [6, 6.07) is 13.7. The summed E-state index contributed by atoms with van der Waals surface area (Å²) in [5.74, 6) is 0. The molecule has 0 radical (unpaired) electrons. The van der Waals surface area contributed by atoms with Crippen molar-refractivity contribution in [1.82, 2.24) is 0 Å². The number of morpholine rings is 1. The van der Waals surface area contributed by atoms with Crippen LogP contribution in [0.3, 0.4) is 0 Å². The lowest BCUT2D eigenvalue weighted by molar-refractivity contribution is 0.122. The van der Waals surface area contributed by atoms with E-state index in [9.17, 15) is 0 Å². The van der Waals surface area contributed by atoms with Crippen LogP contribution in [0.2, 0.25) is 0 Å². The van der Waals surface area contributed by atoms with Crippen molar-refractivity contribution in [2.24, 2.45) is 0 Å². The van der Waals surface area contributed by atoms with Crippen LogP contribution in [0.4, 0.5) is 22.7 Å². The first kappa shape index (κ1) is 20.4. The highest BCUT2D eigenvalue weighted by atomic mass is 32.2. The molecule has 0 bridgehead atoms. The van der Waals surface area contributed by atoms with Crippen LogP contribution in [0, 0.1) is 0 Å². The summed E-state index contributed by atoms with van der Waals surface area (Å²) in [6.07, 6.45) is 4.97. The van der Waals surface area contributed by atoms with Crippen LogP contribution in [-0.2, 0) is 4.74 Å². The molecule has 4 rings (SSSR count). The van der Waals surface area contributed by atoms with Gasteiger partial charge in [0.1, 0.15) is 0 Å². The van der Waals surface area contributed by atoms with Crippen molar-refractivity contribution >= 4 is 34.5 Å². The highest BCUT2D eigenvalue weighted by Crippen LogP contribution is 2.46. The van der Waals surface area contributed by atoms with E-state index in [1.54, 1.807) is 0 Å². The van der Waals surface area contributed by atoms with Crippen molar-refractivity contribution in [2.75, 3.05) is 54.5 Å². The number of nitrogens with one attached hydrogen (secondary N) is 1. The SMILES string of the molecule is CCCCN(CCCC)c1ccc2c(c1)Sc1cc(N3CCOCC3)ccc1N2. The van der Waals surface area contributed by atoms with E-state index in [4.69, 9.17) is 4.74 Å². The van der Waals surface area contributed by atoms with Gasteiger partial charge in [0.05, 0.1) is 24.6 Å². The molecule has 2 aliphatic rings. The molecule has 29 heavy (non-hydrogen) atoms. The highest BCUT2D eigenvalue weighted by Gasteiger charge is 2.20. The third-order valence-corrected chi connectivity index (χ3v) is 6.84. The fourth-order valence-corrected chi connectivity index (χ4v) is 5.00. The lowest BCUT2D eigenvalue weighted by Gasteiger charge is -2.31. The maximum absolute atomic E-state index is 5.51. The first-order valence-electron chi connectivity index (χ1n) is 11.1. The molecular formula is C24H33N3OS. The van der Waals surface area contributed by atoms with Crippen LogP contribution in [0.5, 0.6) is 0 Å². The third kappa shape index (κ3) is 4.84. The summed E-state index contributed by atoms with van der Waals surface area (Å²) in [6.45, 7) is 10.4. The van der Waals surface area contributed by atoms with Gasteiger partial charge in [-0.25, -0.2) is 0 Å². The first-order valence-corrected chi connectivity index (χ1v) is 11.9. The Bertz CT molecular complexity index is 812. The number of anilines is 4. The quantitative estimate of drug-likeness (QED) is 0.481. The van der Waals surface area contributed by atoms with Gasteiger partial charge in [-0.15, -0.1) is 0 Å². The molecular weight excluding hydrogens is 378 g/mol. The van der Waals surface area contributed by atoms with E-state index in [2.05, 4.69) is 65.4 Å². The predicted molar refractivity (Wildman–Crippen MR) is 125 cm³/mol. The summed E-state index contributed by atoms with van der Waals surface area (Å²) in [4.78, 5) is 7.63. The topological polar surface area (TPSA) is 27.7 Å². The van der Waals surface area contributed by atoms with Gasteiger partial charge < -0.3 is 19.9 Å². The molecule has 4 nitrogen and oxygen atoms in total. The molecule has 0 saturated carbocycles. The van der Waals surface area contributed by atoms with Gasteiger partial charge in [0.15, 0.2) is 0 Å². The molecule has 2 aromatic carbocycles. The Morgan fingerprint density at radius 2 is 1.59 bits per heavy atom. The lowest BCUT2D eigenvalue weighted by Crippen LogP contribution is -2.36. The Morgan fingerprint density at radius 1 is 0.931 bits per heavy atom. The summed E-state index contributed by atoms with van der Waals surface area (Å²) in [5.41, 5.74) is 5.08. The molecule has 0 aromatic heterocycles. The Kier molecular flexibility index (Phi) is 6.88. The molecule has 0 spiro atoms. The van der Waals surface area contributed by atoms with Gasteiger partial charge in [0.25, 0.3) is 0 Å². The Balaban J connectivity index is 1.54. The summed E-state index contributed by atoms with van der Waals surface area (Å²) >= 11 is 1.89. The largest absolute Gasteiger partial charge is 0.378 e. The number of benzene rings is 2. The van der Waals surface area contributed by atoms with E-state index in [0.717, 1.165) is 39.4 Å². The zero-order valence-electron chi connectivity index (χ0n) is 17.7. The minimum atomic E-state index is 0.819. The zero-order valence-corrected chi connectivity index (χ0v) is 18.6. The van der Waals surface area contributed by atoms with E-state index in [0.29, 0.717) is 0 Å². The minimum absolute atomic E-state index is 0.819. The number of unbranched alkanes of at least 4 members (excludes halogenated alkanes) is 2. The minimum Gasteiger partial charge on any atom is -0.378 e. The van der Waals surface area contributed by atoms with Gasteiger partial charge in [0.2, 0.25) is 0 Å². The van der Waals surface area contributed by atoms with Crippen LogP contribution < -0.4 is 15.1 Å². The van der Waals surface area contributed by atoms with E-state index >= 15 is 0 Å². The van der Waals surface area contributed by atoms with Crippen LogP contribution in [-0.4, -0.2) is 39.4 Å². The first-order chi connectivity index (χ1) is 14.3. The van der Waals surface area contributed by atoms with Gasteiger partial charge in [0, 0.05) is 47.3 Å². The normalized spacial score (nSPS) is 15.4. The maximum Gasteiger partial charge on any atom is 0.0642 e. The monoisotopic (exact) mass is 411 g/mol. The van der Waals surface area contributed by atoms with Gasteiger partial charge in [-0.1, -0.05) is 38.5 Å². The molecule has 0 amide bonds. The van der Waals surface area contributed by atoms with E-state index in [1.165, 1.54) is 58.2 Å². The van der Waals surface area contributed by atoms with Gasteiger partial charge in [-0.3, -0.25) is 0 Å². The fraction of sp³-hybridized carbons (Fsp3) is 0.500. The number of hydrogen-bond acceptors (Lipinski definition) is 5. The molecule has 0 aliphatic carbocycles. The lowest BCUT2D eigenvalue weighted by atomic mass is 10.2. The van der Waals surface area contributed by atoms with Crippen LogP contribution in [0.25, 0.3) is 0 Å². The molecule has 2 aliphatic heterocycles. The second kappa shape index (κ2) is 9.77. The van der Waals surface area contributed by atoms with Crippen LogP contribution in [0.15, 0.2) is 46.2 Å². The second-order valence-electron chi connectivity index (χ2n) is 7.88. The molecule has 1 saturated heterocycles. The van der Waals surface area contributed by atoms with Crippen molar-refractivity contribution in [3.05, 3.63) is 36.4 Å². The van der Waals surface area contributed by atoms with Gasteiger partial charge >= 0.3 is 0 Å². The summed E-state index contributed by atoms with van der Waals surface area (Å²) in [5, 5.41) is 3.64. The molecule has 1 fully saturated rings. The molecule has 156 valence electrons. The molecule has 5 heteroatoms. The summed E-state index contributed by atoms with van der Waals surface area (Å²) < 4.78 is 5.51. The highest BCUT2D eigenvalue weighted by molar-refractivity contribution is 7.99. The number of rotatable bonds is 8. The Hall–Kier alpha value is -1.85. The Morgan fingerprint density at radius 3 is 2.28 bits per heavy atom. The molecule has 1 N–H and O–H groups in total. The average molecular weight is 412 g/mol. The van der Waals surface area contributed by atoms with E-state index < -0.39 is 0 Å². The molecule has 2 heterocycles. The van der Waals surface area contributed by atoms with Crippen molar-refractivity contribution < 1.29 is 4.74 Å². The molecule has 0 unspecified atom stereocenters. The smallest absolute Gasteiger partial charge is 0.0642 e. The fourth-order valence-electron chi connectivity index (χ4n) is 3.94. The number of ether oxygens (including phenoxy) is 1. The van der Waals surface area contributed by atoms with Crippen molar-refractivity contribution in [3.63, 3.8) is 0 Å². The number of hydrogen-bond donors (Lipinski definition) is 1. The van der Waals surface area contributed by atoms with Gasteiger partial charge in [-0.2, -0.15) is 0 Å². The second-order valence-corrected chi connectivity index (χ2v) is 8.97. The van der Waals surface area contributed by atoms with Crippen LogP contribution in [0.1, 0.15) is 39.5 Å².